The molecule has 0 saturated heterocycles. The molecule has 0 spiro atoms. The van der Waals surface area contributed by atoms with Crippen molar-refractivity contribution < 1.29 is 14.3 Å². The van der Waals surface area contributed by atoms with Crippen molar-refractivity contribution in [2.45, 2.75) is 26.9 Å². The average molecular weight is 334 g/mol. The number of nitrogens with zero attached hydrogens (tertiary/aromatic N) is 5. The maximum atomic E-state index is 12.0. The number of rotatable bonds is 6. The topological polar surface area (TPSA) is 121 Å². The van der Waals surface area contributed by atoms with Gasteiger partial charge in [0.25, 0.3) is 5.56 Å². The molecule has 10 heteroatoms. The van der Waals surface area contributed by atoms with Crippen LogP contribution in [0.1, 0.15) is 17.1 Å². The van der Waals surface area contributed by atoms with Crippen LogP contribution in [-0.2, 0) is 17.9 Å². The molecular weight excluding hydrogens is 316 g/mol. The molecule has 0 aliphatic rings. The van der Waals surface area contributed by atoms with E-state index in [9.17, 15) is 9.59 Å². The van der Waals surface area contributed by atoms with Gasteiger partial charge in [-0.2, -0.15) is 9.97 Å². The summed E-state index contributed by atoms with van der Waals surface area (Å²) in [6, 6.07) is 0.168. The lowest BCUT2D eigenvalue weighted by atomic mass is 10.3. The third kappa shape index (κ3) is 4.03. The number of nitrogens with one attached hydrogen (secondary N) is 1. The van der Waals surface area contributed by atoms with Crippen LogP contribution in [0.5, 0.6) is 12.0 Å². The Morgan fingerprint density at radius 3 is 2.38 bits per heavy atom. The van der Waals surface area contributed by atoms with Gasteiger partial charge in [0, 0.05) is 11.3 Å². The zero-order valence-corrected chi connectivity index (χ0v) is 13.9. The quantitative estimate of drug-likeness (QED) is 0.742. The van der Waals surface area contributed by atoms with Crippen molar-refractivity contribution in [2.24, 2.45) is 0 Å². The molecular formula is C14H18N6O4. The van der Waals surface area contributed by atoms with E-state index < -0.39 is 0 Å². The van der Waals surface area contributed by atoms with Crippen LogP contribution >= 0.6 is 0 Å². The molecule has 1 amide bonds. The number of ether oxygens (including phenoxy) is 2. The fourth-order valence-corrected chi connectivity index (χ4v) is 1.82. The second-order valence-corrected chi connectivity index (χ2v) is 4.89. The number of amides is 1. The molecule has 2 heterocycles. The fraction of sp³-hybridized carbons (Fsp3) is 0.429. The Bertz CT molecular complexity index is 782. The maximum absolute atomic E-state index is 12.0. The van der Waals surface area contributed by atoms with Crippen LogP contribution in [0.15, 0.2) is 11.1 Å². The van der Waals surface area contributed by atoms with Crippen molar-refractivity contribution in [3.8, 4) is 12.0 Å². The van der Waals surface area contributed by atoms with Gasteiger partial charge in [-0.05, 0) is 13.8 Å². The summed E-state index contributed by atoms with van der Waals surface area (Å²) in [4.78, 5) is 40.0. The Balaban J connectivity index is 2.04. The predicted molar refractivity (Wildman–Crippen MR) is 82.7 cm³/mol. The molecule has 0 unspecified atom stereocenters. The number of aromatic nitrogens is 5. The summed E-state index contributed by atoms with van der Waals surface area (Å²) in [5, 5.41) is 2.62. The molecule has 2 aromatic rings. The van der Waals surface area contributed by atoms with E-state index in [2.05, 4.69) is 25.3 Å². The van der Waals surface area contributed by atoms with Gasteiger partial charge in [0.15, 0.2) is 5.82 Å². The number of aryl methyl sites for hydroxylation is 1. The first-order valence-electron chi connectivity index (χ1n) is 7.07. The summed E-state index contributed by atoms with van der Waals surface area (Å²) < 4.78 is 11.1. The van der Waals surface area contributed by atoms with Gasteiger partial charge in [0.05, 0.1) is 27.1 Å². The second kappa shape index (κ2) is 7.49. The molecule has 128 valence electrons. The van der Waals surface area contributed by atoms with Crippen LogP contribution < -0.4 is 20.3 Å². The molecule has 10 nitrogen and oxygen atoms in total. The van der Waals surface area contributed by atoms with Crippen molar-refractivity contribution in [3.63, 3.8) is 0 Å². The Hall–Kier alpha value is -3.04. The smallest absolute Gasteiger partial charge is 0.322 e. The number of hydrogen-bond acceptors (Lipinski definition) is 8. The molecule has 0 aromatic carbocycles. The Kier molecular flexibility index (Phi) is 5.40. The molecule has 0 saturated carbocycles. The lowest BCUT2D eigenvalue weighted by Gasteiger charge is -2.09. The van der Waals surface area contributed by atoms with Crippen molar-refractivity contribution in [1.29, 1.82) is 0 Å². The largest absolute Gasteiger partial charge is 0.467 e. The Morgan fingerprint density at radius 1 is 1.17 bits per heavy atom. The molecule has 2 rings (SSSR count). The van der Waals surface area contributed by atoms with Crippen LogP contribution in [-0.4, -0.2) is 44.6 Å². The normalized spacial score (nSPS) is 10.3. The summed E-state index contributed by atoms with van der Waals surface area (Å²) in [6.07, 6.45) is 1.35. The van der Waals surface area contributed by atoms with E-state index in [0.717, 1.165) is 0 Å². The van der Waals surface area contributed by atoms with Crippen LogP contribution in [0.2, 0.25) is 0 Å². The van der Waals surface area contributed by atoms with Gasteiger partial charge in [-0.25, -0.2) is 4.98 Å². The number of hydrogen-bond donors (Lipinski definition) is 1. The van der Waals surface area contributed by atoms with Crippen LogP contribution in [0.25, 0.3) is 0 Å². The number of carbonyl (C=O) groups excluding carboxylic acids is 1. The van der Waals surface area contributed by atoms with Crippen LogP contribution in [0, 0.1) is 13.8 Å². The first kappa shape index (κ1) is 17.3. The highest BCUT2D eigenvalue weighted by atomic mass is 16.5. The maximum Gasteiger partial charge on any atom is 0.322 e. The van der Waals surface area contributed by atoms with Gasteiger partial charge in [-0.3, -0.25) is 14.2 Å². The molecule has 1 N–H and O–H groups in total. The third-order valence-corrected chi connectivity index (χ3v) is 3.28. The SMILES string of the molecule is COc1nc(CNC(=O)Cn2cnc(C)c(C)c2=O)nc(OC)n1. The highest BCUT2D eigenvalue weighted by molar-refractivity contribution is 5.75. The molecule has 0 aliphatic heterocycles. The van der Waals surface area contributed by atoms with E-state index >= 15 is 0 Å². The van der Waals surface area contributed by atoms with E-state index in [4.69, 9.17) is 9.47 Å². The molecule has 0 fully saturated rings. The third-order valence-electron chi connectivity index (χ3n) is 3.28. The predicted octanol–water partition coefficient (Wildman–Crippen LogP) is -0.621. The molecule has 0 atom stereocenters. The first-order valence-corrected chi connectivity index (χ1v) is 7.07. The minimum atomic E-state index is -0.375. The van der Waals surface area contributed by atoms with Gasteiger partial charge >= 0.3 is 12.0 Å². The Labute approximate surface area is 137 Å². The van der Waals surface area contributed by atoms with Gasteiger partial charge in [0.1, 0.15) is 6.54 Å². The zero-order chi connectivity index (χ0) is 17.7. The van der Waals surface area contributed by atoms with Crippen molar-refractivity contribution in [2.75, 3.05) is 14.2 Å². The van der Waals surface area contributed by atoms with Crippen LogP contribution in [0.4, 0.5) is 0 Å². The van der Waals surface area contributed by atoms with E-state index in [1.807, 2.05) is 0 Å². The standard InChI is InChI=1S/C14H18N6O4/c1-8-9(2)16-7-20(12(8)22)6-11(21)15-5-10-17-13(23-3)19-14(18-10)24-4/h7H,5-6H2,1-4H3,(H,15,21). The highest BCUT2D eigenvalue weighted by Crippen LogP contribution is 2.08. The zero-order valence-electron chi connectivity index (χ0n) is 13.9. The van der Waals surface area contributed by atoms with Gasteiger partial charge in [-0.1, -0.05) is 0 Å². The number of methoxy groups -OCH3 is 2. The summed E-state index contributed by atoms with van der Waals surface area (Å²) >= 11 is 0. The van der Waals surface area contributed by atoms with E-state index in [1.54, 1.807) is 13.8 Å². The average Bonchev–Trinajstić information content (AvgIpc) is 2.60. The second-order valence-electron chi connectivity index (χ2n) is 4.89. The fourth-order valence-electron chi connectivity index (χ4n) is 1.82. The summed E-state index contributed by atoms with van der Waals surface area (Å²) in [5.74, 6) is -0.0990. The van der Waals surface area contributed by atoms with Crippen molar-refractivity contribution in [3.05, 3.63) is 33.8 Å². The summed E-state index contributed by atoms with van der Waals surface area (Å²) in [5.41, 5.74) is 0.902. The minimum Gasteiger partial charge on any atom is -0.467 e. The lowest BCUT2D eigenvalue weighted by Crippen LogP contribution is -2.33. The molecule has 0 aliphatic carbocycles. The van der Waals surface area contributed by atoms with E-state index in [-0.39, 0.29) is 42.4 Å². The van der Waals surface area contributed by atoms with Gasteiger partial charge in [0.2, 0.25) is 5.91 Å². The monoisotopic (exact) mass is 334 g/mol. The van der Waals surface area contributed by atoms with Gasteiger partial charge < -0.3 is 14.8 Å². The van der Waals surface area contributed by atoms with Crippen molar-refractivity contribution in [1.82, 2.24) is 29.8 Å². The minimum absolute atomic E-state index is 0.0428. The van der Waals surface area contributed by atoms with E-state index in [1.165, 1.54) is 25.1 Å². The van der Waals surface area contributed by atoms with E-state index in [0.29, 0.717) is 11.3 Å². The summed E-state index contributed by atoms with van der Waals surface area (Å²) in [7, 11) is 2.83. The number of carbonyl (C=O) groups is 1. The van der Waals surface area contributed by atoms with Crippen molar-refractivity contribution >= 4 is 5.91 Å². The molecule has 24 heavy (non-hydrogen) atoms. The summed E-state index contributed by atoms with van der Waals surface area (Å²) in [6.45, 7) is 3.30. The molecule has 0 bridgehead atoms. The highest BCUT2D eigenvalue weighted by Gasteiger charge is 2.11. The lowest BCUT2D eigenvalue weighted by molar-refractivity contribution is -0.121. The molecule has 2 aromatic heterocycles. The van der Waals surface area contributed by atoms with Crippen LogP contribution in [0.3, 0.4) is 0 Å². The van der Waals surface area contributed by atoms with Gasteiger partial charge in [-0.15, -0.1) is 4.98 Å². The first-order chi connectivity index (χ1) is 11.4. The Morgan fingerprint density at radius 2 is 1.79 bits per heavy atom. The molecule has 0 radical (unpaired) electrons.